The summed E-state index contributed by atoms with van der Waals surface area (Å²) in [7, 11) is 0. The summed E-state index contributed by atoms with van der Waals surface area (Å²) in [6, 6.07) is 20.8. The van der Waals surface area contributed by atoms with Crippen LogP contribution in [0.5, 0.6) is 0 Å². The van der Waals surface area contributed by atoms with E-state index in [1.54, 1.807) is 12.3 Å². The molecule has 0 unspecified atom stereocenters. The number of H-pyrrole nitrogens is 1. The zero-order chi connectivity index (χ0) is 19.6. The van der Waals surface area contributed by atoms with Gasteiger partial charge in [-0.2, -0.15) is 15.1 Å². The van der Waals surface area contributed by atoms with Crippen molar-refractivity contribution in [3.8, 4) is 22.9 Å². The Morgan fingerprint density at radius 3 is 2.45 bits per heavy atom. The van der Waals surface area contributed by atoms with Crippen molar-refractivity contribution in [2.45, 2.75) is 0 Å². The van der Waals surface area contributed by atoms with Crippen LogP contribution < -0.4 is 5.32 Å². The normalized spacial score (nSPS) is 10.9. The van der Waals surface area contributed by atoms with Gasteiger partial charge in [0.25, 0.3) is 0 Å². The number of halogens is 1. The standard InChI is InChI=1S/C21H14ClN7/c22-15-9-3-1-7-13(15)18-24-20(17-11-5-6-12-23-17)27-21(25-18)26-19-14-8-2-4-10-16(14)28-29-19/h1-12H,(H2,24,25,26,27,28,29). The molecule has 140 valence electrons. The lowest BCUT2D eigenvalue weighted by atomic mass is 10.2. The minimum absolute atomic E-state index is 0.354. The van der Waals surface area contributed by atoms with E-state index in [2.05, 4.69) is 35.5 Å². The maximum absolute atomic E-state index is 6.38. The molecule has 5 rings (SSSR count). The van der Waals surface area contributed by atoms with Crippen molar-refractivity contribution in [3.05, 3.63) is 77.9 Å². The molecule has 3 aromatic heterocycles. The van der Waals surface area contributed by atoms with Crippen LogP contribution in [0.3, 0.4) is 0 Å². The van der Waals surface area contributed by atoms with Gasteiger partial charge in [-0.25, -0.2) is 4.98 Å². The first-order chi connectivity index (χ1) is 14.3. The molecule has 0 aliphatic carbocycles. The zero-order valence-corrected chi connectivity index (χ0v) is 15.8. The van der Waals surface area contributed by atoms with E-state index >= 15 is 0 Å². The van der Waals surface area contributed by atoms with Gasteiger partial charge in [0.1, 0.15) is 5.69 Å². The largest absolute Gasteiger partial charge is 0.307 e. The summed E-state index contributed by atoms with van der Waals surface area (Å²) >= 11 is 6.38. The van der Waals surface area contributed by atoms with Crippen LogP contribution in [0.2, 0.25) is 5.02 Å². The number of benzene rings is 2. The number of hydrogen-bond acceptors (Lipinski definition) is 6. The van der Waals surface area contributed by atoms with Crippen LogP contribution in [0.25, 0.3) is 33.8 Å². The van der Waals surface area contributed by atoms with Crippen molar-refractivity contribution in [2.75, 3.05) is 5.32 Å². The van der Waals surface area contributed by atoms with Gasteiger partial charge < -0.3 is 5.32 Å². The molecule has 0 radical (unpaired) electrons. The predicted octanol–water partition coefficient (Wildman–Crippen LogP) is 4.87. The molecule has 0 aliphatic heterocycles. The van der Waals surface area contributed by atoms with Crippen molar-refractivity contribution in [1.82, 2.24) is 30.1 Å². The fraction of sp³-hybridized carbons (Fsp3) is 0. The third-order valence-corrected chi connectivity index (χ3v) is 4.67. The minimum Gasteiger partial charge on any atom is -0.307 e. The van der Waals surface area contributed by atoms with Gasteiger partial charge in [0, 0.05) is 17.1 Å². The summed E-state index contributed by atoms with van der Waals surface area (Å²) in [5, 5.41) is 12.0. The Kier molecular flexibility index (Phi) is 4.34. The molecule has 0 spiro atoms. The van der Waals surface area contributed by atoms with Gasteiger partial charge in [0.15, 0.2) is 17.5 Å². The molecule has 0 saturated heterocycles. The summed E-state index contributed by atoms with van der Waals surface area (Å²) < 4.78 is 0. The van der Waals surface area contributed by atoms with Crippen LogP contribution in [0.1, 0.15) is 0 Å². The Morgan fingerprint density at radius 1 is 0.793 bits per heavy atom. The quantitative estimate of drug-likeness (QED) is 0.447. The predicted molar refractivity (Wildman–Crippen MR) is 113 cm³/mol. The monoisotopic (exact) mass is 399 g/mol. The first-order valence-corrected chi connectivity index (χ1v) is 9.28. The Balaban J connectivity index is 1.64. The number of hydrogen-bond donors (Lipinski definition) is 2. The Labute approximate surface area is 170 Å². The number of nitrogens with one attached hydrogen (secondary N) is 2. The maximum Gasteiger partial charge on any atom is 0.232 e. The van der Waals surface area contributed by atoms with E-state index in [0.29, 0.717) is 39.7 Å². The second kappa shape index (κ2) is 7.29. The molecule has 0 amide bonds. The Hall–Kier alpha value is -3.84. The van der Waals surface area contributed by atoms with Crippen molar-refractivity contribution < 1.29 is 0 Å². The van der Waals surface area contributed by atoms with Crippen molar-refractivity contribution in [1.29, 1.82) is 0 Å². The molecule has 3 heterocycles. The van der Waals surface area contributed by atoms with E-state index in [-0.39, 0.29) is 0 Å². The summed E-state index contributed by atoms with van der Waals surface area (Å²) in [4.78, 5) is 18.1. The summed E-state index contributed by atoms with van der Waals surface area (Å²) in [6.45, 7) is 0. The molecular formula is C21H14ClN7. The molecule has 0 bridgehead atoms. The van der Waals surface area contributed by atoms with E-state index in [1.165, 1.54) is 0 Å². The van der Waals surface area contributed by atoms with Crippen molar-refractivity contribution >= 4 is 34.3 Å². The molecule has 7 nitrogen and oxygen atoms in total. The average molecular weight is 400 g/mol. The highest BCUT2D eigenvalue weighted by Crippen LogP contribution is 2.28. The lowest BCUT2D eigenvalue weighted by Gasteiger charge is -2.09. The average Bonchev–Trinajstić information content (AvgIpc) is 3.17. The van der Waals surface area contributed by atoms with Gasteiger partial charge in [-0.15, -0.1) is 0 Å². The number of para-hydroxylation sites is 1. The van der Waals surface area contributed by atoms with E-state index in [1.807, 2.05) is 60.7 Å². The Morgan fingerprint density at radius 2 is 1.59 bits per heavy atom. The van der Waals surface area contributed by atoms with Crippen LogP contribution in [0, 0.1) is 0 Å². The SMILES string of the molecule is Clc1ccccc1-c1nc(Nc2n[nH]c3ccccc23)nc(-c2ccccn2)n1. The van der Waals surface area contributed by atoms with Gasteiger partial charge in [-0.05, 0) is 36.4 Å². The molecule has 29 heavy (non-hydrogen) atoms. The van der Waals surface area contributed by atoms with Crippen molar-refractivity contribution in [3.63, 3.8) is 0 Å². The number of fused-ring (bicyclic) bond motifs is 1. The van der Waals surface area contributed by atoms with E-state index in [9.17, 15) is 0 Å². The third-order valence-electron chi connectivity index (χ3n) is 4.34. The molecule has 2 aromatic carbocycles. The van der Waals surface area contributed by atoms with Crippen LogP contribution in [0.4, 0.5) is 11.8 Å². The number of pyridine rings is 1. The highest BCUT2D eigenvalue weighted by atomic mass is 35.5. The minimum atomic E-state index is 0.354. The summed E-state index contributed by atoms with van der Waals surface area (Å²) in [5.74, 6) is 1.88. The van der Waals surface area contributed by atoms with Crippen molar-refractivity contribution in [2.24, 2.45) is 0 Å². The zero-order valence-electron chi connectivity index (χ0n) is 15.0. The second-order valence-corrected chi connectivity index (χ2v) is 6.65. The third kappa shape index (κ3) is 3.39. The highest BCUT2D eigenvalue weighted by Gasteiger charge is 2.15. The lowest BCUT2D eigenvalue weighted by Crippen LogP contribution is -2.04. The van der Waals surface area contributed by atoms with Gasteiger partial charge in [0.2, 0.25) is 5.95 Å². The van der Waals surface area contributed by atoms with Crippen LogP contribution >= 0.6 is 11.6 Å². The fourth-order valence-corrected chi connectivity index (χ4v) is 3.19. The molecule has 2 N–H and O–H groups in total. The summed E-state index contributed by atoms with van der Waals surface area (Å²) in [5.41, 5.74) is 2.27. The first kappa shape index (κ1) is 17.3. The topological polar surface area (TPSA) is 92.3 Å². The van der Waals surface area contributed by atoms with Gasteiger partial charge in [0.05, 0.1) is 10.5 Å². The number of anilines is 2. The van der Waals surface area contributed by atoms with Gasteiger partial charge in [-0.3, -0.25) is 10.1 Å². The number of rotatable bonds is 4. The van der Waals surface area contributed by atoms with E-state index in [0.717, 1.165) is 10.9 Å². The second-order valence-electron chi connectivity index (χ2n) is 6.24. The number of nitrogens with zero attached hydrogens (tertiary/aromatic N) is 5. The highest BCUT2D eigenvalue weighted by molar-refractivity contribution is 6.33. The molecule has 5 aromatic rings. The van der Waals surface area contributed by atoms with Gasteiger partial charge in [-0.1, -0.05) is 41.9 Å². The number of aromatic amines is 1. The van der Waals surface area contributed by atoms with Gasteiger partial charge >= 0.3 is 0 Å². The molecule has 8 heteroatoms. The smallest absolute Gasteiger partial charge is 0.232 e. The summed E-state index contributed by atoms with van der Waals surface area (Å²) in [6.07, 6.45) is 1.70. The molecule has 0 atom stereocenters. The fourth-order valence-electron chi connectivity index (χ4n) is 2.97. The van der Waals surface area contributed by atoms with Crippen LogP contribution in [-0.4, -0.2) is 30.1 Å². The Bertz CT molecular complexity index is 1300. The maximum atomic E-state index is 6.38. The first-order valence-electron chi connectivity index (χ1n) is 8.90. The molecule has 0 saturated carbocycles. The van der Waals surface area contributed by atoms with E-state index < -0.39 is 0 Å². The number of aromatic nitrogens is 6. The molecule has 0 aliphatic rings. The van der Waals surface area contributed by atoms with E-state index in [4.69, 9.17) is 11.6 Å². The molecular weight excluding hydrogens is 386 g/mol. The van der Waals surface area contributed by atoms with Crippen LogP contribution in [-0.2, 0) is 0 Å². The lowest BCUT2D eigenvalue weighted by molar-refractivity contribution is 1.04. The van der Waals surface area contributed by atoms with Crippen LogP contribution in [0.15, 0.2) is 72.9 Å². The molecule has 0 fully saturated rings.